The fraction of sp³-hybridized carbons (Fsp3) is 0.368. The number of rotatable bonds is 2. The molecule has 9 nitrogen and oxygen atoms in total. The predicted molar refractivity (Wildman–Crippen MR) is 101 cm³/mol. The minimum atomic E-state index is -0.154. The summed E-state index contributed by atoms with van der Waals surface area (Å²) in [6.45, 7) is 4.56. The van der Waals surface area contributed by atoms with Crippen molar-refractivity contribution in [2.24, 2.45) is 4.99 Å². The summed E-state index contributed by atoms with van der Waals surface area (Å²) in [5.74, 6) is 2.31. The lowest BCUT2D eigenvalue weighted by atomic mass is 10.1. The molecule has 0 saturated carbocycles. The average Bonchev–Trinajstić information content (AvgIpc) is 3.46. The molecule has 2 aromatic heterocycles. The Morgan fingerprint density at radius 2 is 2.11 bits per heavy atom. The van der Waals surface area contributed by atoms with E-state index in [0.29, 0.717) is 18.5 Å². The monoisotopic (exact) mass is 377 g/mol. The summed E-state index contributed by atoms with van der Waals surface area (Å²) in [7, 11) is 0. The van der Waals surface area contributed by atoms with Crippen LogP contribution in [0.1, 0.15) is 44.2 Å². The zero-order chi connectivity index (χ0) is 18.9. The van der Waals surface area contributed by atoms with E-state index in [0.717, 1.165) is 35.7 Å². The number of benzene rings is 1. The molecule has 142 valence electrons. The van der Waals surface area contributed by atoms with Crippen molar-refractivity contribution in [3.05, 3.63) is 48.2 Å². The van der Waals surface area contributed by atoms with E-state index in [1.807, 2.05) is 32.9 Å². The topological polar surface area (TPSA) is 84.8 Å². The molecule has 9 heteroatoms. The van der Waals surface area contributed by atoms with Gasteiger partial charge in [0.15, 0.2) is 11.7 Å². The number of imidazole rings is 1. The molecule has 1 atom stereocenters. The Labute approximate surface area is 161 Å². The second-order valence-electron chi connectivity index (χ2n) is 7.81. The van der Waals surface area contributed by atoms with Crippen molar-refractivity contribution >= 4 is 17.7 Å². The third-order valence-electron chi connectivity index (χ3n) is 5.45. The lowest BCUT2D eigenvalue weighted by molar-refractivity contribution is -0.0207. The molecule has 0 aliphatic carbocycles. The lowest BCUT2D eigenvalue weighted by Gasteiger charge is -2.32. The number of nitrogens with zero attached hydrogens (tertiary/aromatic N) is 7. The maximum Gasteiger partial charge on any atom is 0.345 e. The van der Waals surface area contributed by atoms with Gasteiger partial charge in [0.05, 0.1) is 17.5 Å². The van der Waals surface area contributed by atoms with Crippen LogP contribution in [0.3, 0.4) is 0 Å². The molecule has 3 aliphatic rings. The molecular weight excluding hydrogens is 358 g/mol. The van der Waals surface area contributed by atoms with Crippen molar-refractivity contribution in [3.8, 4) is 5.69 Å². The summed E-state index contributed by atoms with van der Waals surface area (Å²) in [5, 5.41) is 8.03. The van der Waals surface area contributed by atoms with E-state index in [4.69, 9.17) is 14.3 Å². The summed E-state index contributed by atoms with van der Waals surface area (Å²) < 4.78 is 13.7. The lowest BCUT2D eigenvalue weighted by Crippen LogP contribution is -2.45. The van der Waals surface area contributed by atoms with Gasteiger partial charge in [-0.1, -0.05) is 17.3 Å². The van der Waals surface area contributed by atoms with E-state index in [-0.39, 0.29) is 11.7 Å². The number of aromatic nitrogens is 4. The van der Waals surface area contributed by atoms with Crippen LogP contribution in [0, 0.1) is 0 Å². The highest BCUT2D eigenvalue weighted by molar-refractivity contribution is 6.16. The SMILES string of the molecule is CC1(C)CCC(c2noc(N3CN=C4c5ccccc5-n5cncc5N43)n2)O1. The van der Waals surface area contributed by atoms with Gasteiger partial charge in [-0.2, -0.15) is 4.98 Å². The Morgan fingerprint density at radius 1 is 1.21 bits per heavy atom. The first-order valence-electron chi connectivity index (χ1n) is 9.36. The molecular formula is C19H19N7O2. The Bertz CT molecular complexity index is 1100. The van der Waals surface area contributed by atoms with Crippen molar-refractivity contribution in [1.29, 1.82) is 0 Å². The third-order valence-corrected chi connectivity index (χ3v) is 5.45. The Kier molecular flexibility index (Phi) is 3.06. The molecule has 6 rings (SSSR count). The maximum absolute atomic E-state index is 6.05. The first-order chi connectivity index (χ1) is 13.6. The van der Waals surface area contributed by atoms with Gasteiger partial charge in [0.2, 0.25) is 5.82 Å². The van der Waals surface area contributed by atoms with Gasteiger partial charge in [0.1, 0.15) is 19.1 Å². The number of hydrogen-bond acceptors (Lipinski definition) is 8. The normalized spacial score (nSPS) is 22.1. The molecule has 0 amide bonds. The van der Waals surface area contributed by atoms with Crippen LogP contribution >= 0.6 is 0 Å². The van der Waals surface area contributed by atoms with E-state index in [9.17, 15) is 0 Å². The number of aliphatic imine (C=N–C) groups is 1. The van der Waals surface area contributed by atoms with Gasteiger partial charge in [0.25, 0.3) is 0 Å². The number of para-hydroxylation sites is 1. The molecule has 0 bridgehead atoms. The van der Waals surface area contributed by atoms with Crippen molar-refractivity contribution in [1.82, 2.24) is 19.7 Å². The smallest absolute Gasteiger partial charge is 0.345 e. The molecule has 5 heterocycles. The Morgan fingerprint density at radius 3 is 2.96 bits per heavy atom. The van der Waals surface area contributed by atoms with Crippen molar-refractivity contribution < 1.29 is 9.26 Å². The number of amidine groups is 1. The third kappa shape index (κ3) is 2.16. The van der Waals surface area contributed by atoms with Crippen LogP contribution in [-0.2, 0) is 4.74 Å². The number of hydrazine groups is 1. The van der Waals surface area contributed by atoms with Gasteiger partial charge in [-0.25, -0.2) is 20.0 Å². The molecule has 3 aliphatic heterocycles. The second kappa shape index (κ2) is 5.41. The number of anilines is 2. The van der Waals surface area contributed by atoms with Gasteiger partial charge < -0.3 is 9.26 Å². The Balaban J connectivity index is 1.37. The standard InChI is InChI=1S/C19H19N7O2/c1-19(2)8-7-14(27-19)16-22-18(28-23-16)25-11-21-17-12-5-3-4-6-13(12)24-10-20-9-15(24)26(17)25/h3-6,9-10,14H,7-8,11H2,1-2H3. The van der Waals surface area contributed by atoms with E-state index >= 15 is 0 Å². The molecule has 1 saturated heterocycles. The van der Waals surface area contributed by atoms with Crippen LogP contribution in [0.2, 0.25) is 0 Å². The van der Waals surface area contributed by atoms with Crippen LogP contribution in [0.4, 0.5) is 11.8 Å². The van der Waals surface area contributed by atoms with Crippen LogP contribution in [0.15, 0.2) is 46.3 Å². The van der Waals surface area contributed by atoms with E-state index in [1.165, 1.54) is 0 Å². The van der Waals surface area contributed by atoms with Crippen LogP contribution < -0.4 is 10.0 Å². The van der Waals surface area contributed by atoms with Gasteiger partial charge in [-0.3, -0.25) is 4.57 Å². The first kappa shape index (κ1) is 15.8. The van der Waals surface area contributed by atoms with E-state index < -0.39 is 0 Å². The van der Waals surface area contributed by atoms with Gasteiger partial charge >= 0.3 is 6.01 Å². The summed E-state index contributed by atoms with van der Waals surface area (Å²) in [4.78, 5) is 13.7. The predicted octanol–water partition coefficient (Wildman–Crippen LogP) is 2.84. The summed E-state index contributed by atoms with van der Waals surface area (Å²) in [5.41, 5.74) is 1.94. The highest BCUT2D eigenvalue weighted by atomic mass is 16.5. The second-order valence-corrected chi connectivity index (χ2v) is 7.81. The molecule has 3 aromatic rings. The molecule has 1 unspecified atom stereocenters. The molecule has 1 aromatic carbocycles. The molecule has 0 radical (unpaired) electrons. The van der Waals surface area contributed by atoms with Gasteiger partial charge in [0, 0.05) is 5.56 Å². The van der Waals surface area contributed by atoms with Gasteiger partial charge in [-0.05, 0) is 38.8 Å². The van der Waals surface area contributed by atoms with E-state index in [2.05, 4.69) is 41.1 Å². The van der Waals surface area contributed by atoms with Crippen molar-refractivity contribution in [2.45, 2.75) is 38.4 Å². The maximum atomic E-state index is 6.05. The fourth-order valence-corrected chi connectivity index (χ4v) is 4.08. The molecule has 0 N–H and O–H groups in total. The summed E-state index contributed by atoms with van der Waals surface area (Å²) in [6.07, 6.45) is 5.33. The van der Waals surface area contributed by atoms with Crippen LogP contribution in [0.25, 0.3) is 5.69 Å². The van der Waals surface area contributed by atoms with Gasteiger partial charge in [-0.15, -0.1) is 0 Å². The number of hydrogen-bond donors (Lipinski definition) is 0. The molecule has 0 spiro atoms. The molecule has 1 fully saturated rings. The van der Waals surface area contributed by atoms with Crippen LogP contribution in [-0.4, -0.2) is 37.8 Å². The summed E-state index contributed by atoms with van der Waals surface area (Å²) in [6, 6.07) is 8.54. The highest BCUT2D eigenvalue weighted by Gasteiger charge is 2.40. The minimum absolute atomic E-state index is 0.136. The minimum Gasteiger partial charge on any atom is -0.364 e. The molecule has 28 heavy (non-hydrogen) atoms. The number of ether oxygens (including phenoxy) is 1. The number of fused-ring (bicyclic) bond motifs is 6. The van der Waals surface area contributed by atoms with E-state index in [1.54, 1.807) is 6.33 Å². The van der Waals surface area contributed by atoms with Crippen molar-refractivity contribution in [3.63, 3.8) is 0 Å². The fourth-order valence-electron chi connectivity index (χ4n) is 4.08. The quantitative estimate of drug-likeness (QED) is 0.679. The zero-order valence-corrected chi connectivity index (χ0v) is 15.6. The first-order valence-corrected chi connectivity index (χ1v) is 9.36. The highest BCUT2D eigenvalue weighted by Crippen LogP contribution is 2.39. The average molecular weight is 377 g/mol. The summed E-state index contributed by atoms with van der Waals surface area (Å²) >= 11 is 0. The Hall–Kier alpha value is -3.20. The zero-order valence-electron chi connectivity index (χ0n) is 15.6. The largest absolute Gasteiger partial charge is 0.364 e. The van der Waals surface area contributed by atoms with Crippen molar-refractivity contribution in [2.75, 3.05) is 16.7 Å². The van der Waals surface area contributed by atoms with Crippen LogP contribution in [0.5, 0.6) is 0 Å².